The van der Waals surface area contributed by atoms with E-state index < -0.39 is 0 Å². The molecular formula is C27H22Cl2N2O. The number of rotatable bonds is 8. The Labute approximate surface area is 198 Å². The number of aromatic nitrogens is 2. The summed E-state index contributed by atoms with van der Waals surface area (Å²) in [6.07, 6.45) is 4.59. The zero-order chi connectivity index (χ0) is 22.3. The predicted molar refractivity (Wildman–Crippen MR) is 129 cm³/mol. The number of carbonyl (C=O) groups is 1. The van der Waals surface area contributed by atoms with E-state index in [2.05, 4.69) is 9.97 Å². The lowest BCUT2D eigenvalue weighted by Gasteiger charge is -2.24. The van der Waals surface area contributed by atoms with Gasteiger partial charge in [-0.3, -0.25) is 4.79 Å². The van der Waals surface area contributed by atoms with E-state index in [9.17, 15) is 4.79 Å². The standard InChI is InChI=1S/C27H22Cl2N2O/c28-25-13-11-19(17-30-25)15-23(21-7-3-1-4-8-21)27(32)24(22-9-5-2-6-10-22)16-20-12-14-26(29)31-18-20/h1-14,17-18,23-24H,15-16H2. The smallest absolute Gasteiger partial charge is 0.148 e. The van der Waals surface area contributed by atoms with Crippen LogP contribution in [0.2, 0.25) is 10.3 Å². The molecule has 0 N–H and O–H groups in total. The zero-order valence-corrected chi connectivity index (χ0v) is 18.9. The van der Waals surface area contributed by atoms with Crippen LogP contribution in [0.1, 0.15) is 34.1 Å². The first-order valence-corrected chi connectivity index (χ1v) is 11.2. The first-order chi connectivity index (χ1) is 15.6. The number of carbonyl (C=O) groups excluding carboxylic acids is 1. The second kappa shape index (κ2) is 10.5. The van der Waals surface area contributed by atoms with Gasteiger partial charge < -0.3 is 0 Å². The lowest BCUT2D eigenvalue weighted by molar-refractivity contribution is -0.122. The van der Waals surface area contributed by atoms with Crippen molar-refractivity contribution in [1.82, 2.24) is 9.97 Å². The van der Waals surface area contributed by atoms with Crippen LogP contribution in [0.25, 0.3) is 0 Å². The summed E-state index contributed by atoms with van der Waals surface area (Å²) in [5.74, 6) is -0.471. The van der Waals surface area contributed by atoms with Gasteiger partial charge in [0.1, 0.15) is 16.1 Å². The van der Waals surface area contributed by atoms with Crippen molar-refractivity contribution >= 4 is 29.0 Å². The molecule has 4 aromatic rings. The molecule has 2 unspecified atom stereocenters. The first kappa shape index (κ1) is 22.2. The van der Waals surface area contributed by atoms with E-state index in [-0.39, 0.29) is 17.6 Å². The fraction of sp³-hybridized carbons (Fsp3) is 0.148. The molecule has 2 atom stereocenters. The van der Waals surface area contributed by atoms with Crippen LogP contribution in [-0.2, 0) is 17.6 Å². The molecule has 2 aromatic heterocycles. The van der Waals surface area contributed by atoms with Crippen molar-refractivity contribution in [3.63, 3.8) is 0 Å². The van der Waals surface area contributed by atoms with Crippen LogP contribution < -0.4 is 0 Å². The predicted octanol–water partition coefficient (Wildman–Crippen LogP) is 6.71. The average Bonchev–Trinajstić information content (AvgIpc) is 2.84. The van der Waals surface area contributed by atoms with Crippen LogP contribution in [0.3, 0.4) is 0 Å². The topological polar surface area (TPSA) is 42.9 Å². The summed E-state index contributed by atoms with van der Waals surface area (Å²) in [6.45, 7) is 0. The Hall–Kier alpha value is -3.01. The molecule has 2 aromatic carbocycles. The first-order valence-electron chi connectivity index (χ1n) is 10.4. The zero-order valence-electron chi connectivity index (χ0n) is 17.4. The van der Waals surface area contributed by atoms with Crippen molar-refractivity contribution in [1.29, 1.82) is 0 Å². The fourth-order valence-electron chi connectivity index (χ4n) is 3.90. The minimum atomic E-state index is -0.315. The van der Waals surface area contributed by atoms with Gasteiger partial charge in [-0.15, -0.1) is 0 Å². The molecule has 0 bridgehead atoms. The van der Waals surface area contributed by atoms with Crippen LogP contribution in [0.15, 0.2) is 97.3 Å². The van der Waals surface area contributed by atoms with Gasteiger partial charge in [-0.1, -0.05) is 96.0 Å². The van der Waals surface area contributed by atoms with Crippen molar-refractivity contribution in [2.75, 3.05) is 0 Å². The Bertz CT molecular complexity index is 1050. The number of halogens is 2. The molecule has 160 valence electrons. The van der Waals surface area contributed by atoms with Crippen molar-refractivity contribution in [3.8, 4) is 0 Å². The molecule has 0 aliphatic heterocycles. The molecule has 2 heterocycles. The quantitative estimate of drug-likeness (QED) is 0.274. The number of pyridine rings is 2. The summed E-state index contributed by atoms with van der Waals surface area (Å²) < 4.78 is 0. The fourth-order valence-corrected chi connectivity index (χ4v) is 4.13. The van der Waals surface area contributed by atoms with E-state index in [4.69, 9.17) is 23.2 Å². The van der Waals surface area contributed by atoms with Crippen molar-refractivity contribution in [2.24, 2.45) is 0 Å². The molecule has 0 saturated carbocycles. The van der Waals surface area contributed by atoms with Gasteiger partial charge in [0.05, 0.1) is 0 Å². The molecule has 32 heavy (non-hydrogen) atoms. The third-order valence-electron chi connectivity index (χ3n) is 5.55. The number of hydrogen-bond donors (Lipinski definition) is 0. The third-order valence-corrected chi connectivity index (χ3v) is 5.99. The van der Waals surface area contributed by atoms with Crippen LogP contribution in [0, 0.1) is 0 Å². The lowest BCUT2D eigenvalue weighted by Crippen LogP contribution is -2.24. The molecule has 0 fully saturated rings. The summed E-state index contributed by atoms with van der Waals surface area (Å²) in [6, 6.07) is 27.2. The molecule has 4 rings (SSSR count). The highest BCUT2D eigenvalue weighted by Crippen LogP contribution is 2.32. The molecular weight excluding hydrogens is 439 g/mol. The van der Waals surface area contributed by atoms with E-state index >= 15 is 0 Å². The Balaban J connectivity index is 1.71. The maximum absolute atomic E-state index is 14.1. The molecule has 3 nitrogen and oxygen atoms in total. The summed E-state index contributed by atoms with van der Waals surface area (Å²) in [5.41, 5.74) is 3.92. The van der Waals surface area contributed by atoms with Crippen LogP contribution in [0.4, 0.5) is 0 Å². The molecule has 0 aliphatic carbocycles. The van der Waals surface area contributed by atoms with Gasteiger partial charge in [-0.2, -0.15) is 0 Å². The third kappa shape index (κ3) is 5.61. The molecule has 5 heteroatoms. The van der Waals surface area contributed by atoms with E-state index in [1.165, 1.54) is 0 Å². The van der Waals surface area contributed by atoms with Crippen LogP contribution in [0.5, 0.6) is 0 Å². The van der Waals surface area contributed by atoms with E-state index in [0.717, 1.165) is 22.3 Å². The molecule has 0 saturated heterocycles. The Morgan fingerprint density at radius 2 is 1.03 bits per heavy atom. The van der Waals surface area contributed by atoms with E-state index in [1.807, 2.05) is 72.8 Å². The van der Waals surface area contributed by atoms with Crippen molar-refractivity contribution in [3.05, 3.63) is 130 Å². The summed E-state index contributed by atoms with van der Waals surface area (Å²) in [4.78, 5) is 22.5. The van der Waals surface area contributed by atoms with Gasteiger partial charge >= 0.3 is 0 Å². The van der Waals surface area contributed by atoms with Crippen LogP contribution >= 0.6 is 23.2 Å². The lowest BCUT2D eigenvalue weighted by atomic mass is 9.78. The summed E-state index contributed by atoms with van der Waals surface area (Å²) >= 11 is 11.9. The molecule has 0 aliphatic rings. The van der Waals surface area contributed by atoms with Crippen molar-refractivity contribution in [2.45, 2.75) is 24.7 Å². The average molecular weight is 461 g/mol. The number of Topliss-reactive ketones (excluding diaryl/α,β-unsaturated/α-hetero) is 1. The highest BCUT2D eigenvalue weighted by atomic mass is 35.5. The summed E-state index contributed by atoms with van der Waals surface area (Å²) in [7, 11) is 0. The van der Waals surface area contributed by atoms with Crippen LogP contribution in [-0.4, -0.2) is 15.8 Å². The highest BCUT2D eigenvalue weighted by Gasteiger charge is 2.30. The second-order valence-corrected chi connectivity index (χ2v) is 8.49. The maximum atomic E-state index is 14.1. The summed E-state index contributed by atoms with van der Waals surface area (Å²) in [5, 5.41) is 0.877. The number of hydrogen-bond acceptors (Lipinski definition) is 3. The Morgan fingerprint density at radius 1 is 0.625 bits per heavy atom. The number of benzene rings is 2. The van der Waals surface area contributed by atoms with Gasteiger partial charge in [0.2, 0.25) is 0 Å². The second-order valence-electron chi connectivity index (χ2n) is 7.72. The molecule has 0 amide bonds. The normalized spacial score (nSPS) is 12.8. The Kier molecular flexibility index (Phi) is 7.31. The van der Waals surface area contributed by atoms with Gasteiger partial charge in [0, 0.05) is 24.2 Å². The van der Waals surface area contributed by atoms with Gasteiger partial charge in [-0.05, 0) is 47.2 Å². The minimum Gasteiger partial charge on any atom is -0.298 e. The largest absolute Gasteiger partial charge is 0.298 e. The molecule has 0 radical (unpaired) electrons. The minimum absolute atomic E-state index is 0.160. The van der Waals surface area contributed by atoms with Gasteiger partial charge in [0.15, 0.2) is 0 Å². The van der Waals surface area contributed by atoms with E-state index in [1.54, 1.807) is 24.5 Å². The molecule has 0 spiro atoms. The number of nitrogens with zero attached hydrogens (tertiary/aromatic N) is 2. The van der Waals surface area contributed by atoms with E-state index in [0.29, 0.717) is 23.1 Å². The van der Waals surface area contributed by atoms with Gasteiger partial charge in [0.25, 0.3) is 0 Å². The maximum Gasteiger partial charge on any atom is 0.148 e. The Morgan fingerprint density at radius 3 is 1.38 bits per heavy atom. The monoisotopic (exact) mass is 460 g/mol. The van der Waals surface area contributed by atoms with Gasteiger partial charge in [-0.25, -0.2) is 9.97 Å². The van der Waals surface area contributed by atoms with Crippen molar-refractivity contribution < 1.29 is 4.79 Å². The highest BCUT2D eigenvalue weighted by molar-refractivity contribution is 6.29. The SMILES string of the molecule is O=C(C(Cc1ccc(Cl)nc1)c1ccccc1)C(Cc1ccc(Cl)nc1)c1ccccc1. The number of ketones is 1.